The zero-order valence-electron chi connectivity index (χ0n) is 17.0. The highest BCUT2D eigenvalue weighted by Crippen LogP contribution is 2.49. The number of hydrogen-bond donors (Lipinski definition) is 1. The molecular weight excluding hydrogens is 366 g/mol. The van der Waals surface area contributed by atoms with Gasteiger partial charge in [0.2, 0.25) is 0 Å². The van der Waals surface area contributed by atoms with Crippen LogP contribution in [0.1, 0.15) is 35.8 Å². The SMILES string of the molecule is c1cc2ccc1OCCOCCNCCOCCOc1ccc(cc1)C1CCC21. The predicted molar refractivity (Wildman–Crippen MR) is 113 cm³/mol. The van der Waals surface area contributed by atoms with Gasteiger partial charge in [-0.05, 0) is 60.1 Å². The summed E-state index contributed by atoms with van der Waals surface area (Å²) < 4.78 is 22.8. The van der Waals surface area contributed by atoms with Gasteiger partial charge in [-0.1, -0.05) is 24.3 Å². The summed E-state index contributed by atoms with van der Waals surface area (Å²) in [4.78, 5) is 0. The summed E-state index contributed by atoms with van der Waals surface area (Å²) in [6.45, 7) is 5.29. The molecular formula is C24H31NO4. The summed E-state index contributed by atoms with van der Waals surface area (Å²) in [6, 6.07) is 17.2. The van der Waals surface area contributed by atoms with Crippen molar-refractivity contribution >= 4 is 0 Å². The van der Waals surface area contributed by atoms with Crippen molar-refractivity contribution in [1.29, 1.82) is 0 Å². The molecule has 0 radical (unpaired) electrons. The maximum absolute atomic E-state index is 5.80. The van der Waals surface area contributed by atoms with Crippen LogP contribution >= 0.6 is 0 Å². The monoisotopic (exact) mass is 397 g/mol. The Kier molecular flexibility index (Phi) is 7.40. The minimum Gasteiger partial charge on any atom is -0.491 e. The van der Waals surface area contributed by atoms with Gasteiger partial charge in [-0.3, -0.25) is 0 Å². The molecule has 156 valence electrons. The lowest BCUT2D eigenvalue weighted by atomic mass is 9.67. The van der Waals surface area contributed by atoms with Crippen LogP contribution in [-0.2, 0) is 9.47 Å². The van der Waals surface area contributed by atoms with Gasteiger partial charge >= 0.3 is 0 Å². The Morgan fingerprint density at radius 3 is 1.41 bits per heavy atom. The van der Waals surface area contributed by atoms with E-state index in [0.29, 0.717) is 51.5 Å². The number of fused-ring (bicyclic) bond motifs is 2. The second-order valence-corrected chi connectivity index (χ2v) is 7.60. The fourth-order valence-corrected chi connectivity index (χ4v) is 3.98. The van der Waals surface area contributed by atoms with Crippen molar-refractivity contribution in [2.24, 2.45) is 0 Å². The van der Waals surface area contributed by atoms with E-state index in [2.05, 4.69) is 53.8 Å². The van der Waals surface area contributed by atoms with Crippen LogP contribution in [0.3, 0.4) is 0 Å². The van der Waals surface area contributed by atoms with E-state index in [1.54, 1.807) is 0 Å². The molecule has 5 heteroatoms. The second kappa shape index (κ2) is 10.6. The third kappa shape index (κ3) is 5.72. The number of nitrogens with one attached hydrogen (secondary N) is 1. The van der Waals surface area contributed by atoms with E-state index < -0.39 is 0 Å². The zero-order valence-corrected chi connectivity index (χ0v) is 17.0. The van der Waals surface area contributed by atoms with Crippen LogP contribution in [-0.4, -0.2) is 52.7 Å². The van der Waals surface area contributed by atoms with Crippen LogP contribution < -0.4 is 14.8 Å². The maximum atomic E-state index is 5.80. The molecule has 0 saturated heterocycles. The lowest BCUT2D eigenvalue weighted by Gasteiger charge is -2.37. The van der Waals surface area contributed by atoms with E-state index in [9.17, 15) is 0 Å². The molecule has 0 amide bonds. The Hall–Kier alpha value is -2.08. The number of ether oxygens (including phenoxy) is 4. The highest BCUT2D eigenvalue weighted by atomic mass is 16.5. The van der Waals surface area contributed by atoms with Crippen molar-refractivity contribution in [3.05, 3.63) is 59.7 Å². The third-order valence-corrected chi connectivity index (χ3v) is 5.73. The smallest absolute Gasteiger partial charge is 0.119 e. The van der Waals surface area contributed by atoms with E-state index >= 15 is 0 Å². The van der Waals surface area contributed by atoms with E-state index in [0.717, 1.165) is 24.6 Å². The molecule has 2 aromatic rings. The van der Waals surface area contributed by atoms with E-state index in [4.69, 9.17) is 18.9 Å². The molecule has 1 N–H and O–H groups in total. The van der Waals surface area contributed by atoms with Crippen LogP contribution in [0.5, 0.6) is 11.5 Å². The Labute approximate surface area is 173 Å². The molecule has 1 fully saturated rings. The summed E-state index contributed by atoms with van der Waals surface area (Å²) in [5.41, 5.74) is 2.79. The largest absolute Gasteiger partial charge is 0.491 e. The molecule has 4 aliphatic rings. The van der Waals surface area contributed by atoms with Crippen LogP contribution in [0.25, 0.3) is 0 Å². The Morgan fingerprint density at radius 1 is 0.552 bits per heavy atom. The topological polar surface area (TPSA) is 49.0 Å². The summed E-state index contributed by atoms with van der Waals surface area (Å²) in [5.74, 6) is 2.98. The average molecular weight is 398 g/mol. The molecule has 2 atom stereocenters. The molecule has 0 aromatic heterocycles. The number of benzene rings is 2. The van der Waals surface area contributed by atoms with Gasteiger partial charge in [0.05, 0.1) is 26.4 Å². The van der Waals surface area contributed by atoms with Crippen LogP contribution in [0.15, 0.2) is 48.5 Å². The average Bonchev–Trinajstić information content (AvgIpc) is 2.72. The van der Waals surface area contributed by atoms with Gasteiger partial charge in [0.1, 0.15) is 24.7 Å². The highest BCUT2D eigenvalue weighted by Gasteiger charge is 2.33. The molecule has 1 aliphatic carbocycles. The molecule has 29 heavy (non-hydrogen) atoms. The Bertz CT molecular complexity index is 668. The number of hydrogen-bond acceptors (Lipinski definition) is 5. The summed E-state index contributed by atoms with van der Waals surface area (Å²) in [5, 5.41) is 3.30. The molecule has 3 aliphatic heterocycles. The maximum Gasteiger partial charge on any atom is 0.119 e. The molecule has 3 heterocycles. The third-order valence-electron chi connectivity index (χ3n) is 5.73. The Morgan fingerprint density at radius 2 is 1.00 bits per heavy atom. The fourth-order valence-electron chi connectivity index (χ4n) is 3.98. The molecule has 0 spiro atoms. The summed E-state index contributed by atoms with van der Waals surface area (Å²) >= 11 is 0. The minimum atomic E-state index is 0.570. The predicted octanol–water partition coefficient (Wildman–Crippen LogP) is 3.74. The van der Waals surface area contributed by atoms with E-state index in [1.165, 1.54) is 24.0 Å². The van der Waals surface area contributed by atoms with Crippen molar-refractivity contribution in [3.63, 3.8) is 0 Å². The molecule has 4 bridgehead atoms. The molecule has 2 unspecified atom stereocenters. The molecule has 5 nitrogen and oxygen atoms in total. The fraction of sp³-hybridized carbons (Fsp3) is 0.500. The number of rotatable bonds is 0. The van der Waals surface area contributed by atoms with Crippen molar-refractivity contribution in [3.8, 4) is 11.5 Å². The molecule has 2 aromatic carbocycles. The van der Waals surface area contributed by atoms with Gasteiger partial charge in [-0.2, -0.15) is 0 Å². The lowest BCUT2D eigenvalue weighted by molar-refractivity contribution is 0.0906. The van der Waals surface area contributed by atoms with Crippen molar-refractivity contribution in [2.75, 3.05) is 52.7 Å². The first-order valence-electron chi connectivity index (χ1n) is 10.7. The Balaban J connectivity index is 1.39. The van der Waals surface area contributed by atoms with Crippen molar-refractivity contribution < 1.29 is 18.9 Å². The summed E-state index contributed by atoms with van der Waals surface area (Å²) in [6.07, 6.45) is 2.48. The van der Waals surface area contributed by atoms with Gasteiger partial charge < -0.3 is 24.3 Å². The van der Waals surface area contributed by atoms with Gasteiger partial charge in [0.15, 0.2) is 0 Å². The first-order valence-corrected chi connectivity index (χ1v) is 10.7. The highest BCUT2D eigenvalue weighted by molar-refractivity contribution is 5.37. The normalized spacial score (nSPS) is 24.0. The first-order chi connectivity index (χ1) is 14.4. The second-order valence-electron chi connectivity index (χ2n) is 7.60. The molecule has 1 saturated carbocycles. The van der Waals surface area contributed by atoms with Crippen LogP contribution in [0.2, 0.25) is 0 Å². The zero-order chi connectivity index (χ0) is 19.7. The lowest BCUT2D eigenvalue weighted by Crippen LogP contribution is -2.25. The first kappa shape index (κ1) is 20.2. The quantitative estimate of drug-likeness (QED) is 0.734. The van der Waals surface area contributed by atoms with E-state index in [1.807, 2.05) is 0 Å². The van der Waals surface area contributed by atoms with E-state index in [-0.39, 0.29) is 0 Å². The van der Waals surface area contributed by atoms with Gasteiger partial charge in [0, 0.05) is 13.1 Å². The van der Waals surface area contributed by atoms with Gasteiger partial charge in [0.25, 0.3) is 0 Å². The van der Waals surface area contributed by atoms with Crippen molar-refractivity contribution in [2.45, 2.75) is 24.7 Å². The van der Waals surface area contributed by atoms with Crippen LogP contribution in [0.4, 0.5) is 0 Å². The minimum absolute atomic E-state index is 0.570. The van der Waals surface area contributed by atoms with Gasteiger partial charge in [-0.15, -0.1) is 0 Å². The standard InChI is InChI=1S/C24H31NO4/c1-5-21-6-2-19(1)23-9-10-24(23)20-3-7-22(8-4-20)29-18-16-27-14-12-25-11-13-26-15-17-28-21/h1-8,23-25H,9-18H2. The van der Waals surface area contributed by atoms with Gasteiger partial charge in [-0.25, -0.2) is 0 Å². The summed E-state index contributed by atoms with van der Waals surface area (Å²) in [7, 11) is 0. The van der Waals surface area contributed by atoms with Crippen molar-refractivity contribution in [1.82, 2.24) is 5.32 Å². The van der Waals surface area contributed by atoms with Crippen LogP contribution in [0, 0.1) is 0 Å². The molecule has 6 rings (SSSR count).